The van der Waals surface area contributed by atoms with Gasteiger partial charge in [-0.15, -0.1) is 10.2 Å². The van der Waals surface area contributed by atoms with E-state index in [0.717, 1.165) is 16.7 Å². The molecule has 4 rings (SSSR count). The molecule has 0 spiro atoms. The standard InChI is InChI=1S/C16H19N3O3S/c1-9(12-7-8-13(22-12)15(20)21-2)23-16-18-17-14(10-3-4-10)19(16)11-5-6-11/h7-11H,3-6H2,1-2H3. The fourth-order valence-corrected chi connectivity index (χ4v) is 3.67. The van der Waals surface area contributed by atoms with Crippen molar-refractivity contribution < 1.29 is 13.9 Å². The Bertz CT molecular complexity index is 731. The van der Waals surface area contributed by atoms with Crippen molar-refractivity contribution in [3.05, 3.63) is 29.5 Å². The summed E-state index contributed by atoms with van der Waals surface area (Å²) in [7, 11) is 1.35. The predicted molar refractivity (Wildman–Crippen MR) is 84.6 cm³/mol. The van der Waals surface area contributed by atoms with E-state index in [1.165, 1.54) is 32.8 Å². The molecule has 0 N–H and O–H groups in total. The highest BCUT2D eigenvalue weighted by Gasteiger charge is 2.36. The Morgan fingerprint density at radius 1 is 1.35 bits per heavy atom. The van der Waals surface area contributed by atoms with Crippen molar-refractivity contribution in [2.75, 3.05) is 7.11 Å². The SMILES string of the molecule is COC(=O)c1ccc(C(C)Sc2nnc(C3CC3)n2C2CC2)o1. The summed E-state index contributed by atoms with van der Waals surface area (Å²) in [5, 5.41) is 9.84. The number of carbonyl (C=O) groups is 1. The topological polar surface area (TPSA) is 70.2 Å². The highest BCUT2D eigenvalue weighted by molar-refractivity contribution is 7.99. The molecule has 2 fully saturated rings. The van der Waals surface area contributed by atoms with E-state index in [4.69, 9.17) is 4.42 Å². The first-order chi connectivity index (χ1) is 11.2. The Morgan fingerprint density at radius 2 is 2.13 bits per heavy atom. The predicted octanol–water partition coefficient (Wildman–Crippen LogP) is 3.72. The number of aromatic nitrogens is 3. The van der Waals surface area contributed by atoms with Crippen LogP contribution in [0.15, 0.2) is 21.7 Å². The summed E-state index contributed by atoms with van der Waals surface area (Å²) in [6, 6.07) is 4.04. The van der Waals surface area contributed by atoms with E-state index >= 15 is 0 Å². The van der Waals surface area contributed by atoms with Crippen LogP contribution in [0.25, 0.3) is 0 Å². The van der Waals surface area contributed by atoms with E-state index in [-0.39, 0.29) is 11.0 Å². The summed E-state index contributed by atoms with van der Waals surface area (Å²) in [4.78, 5) is 11.5. The van der Waals surface area contributed by atoms with Gasteiger partial charge in [-0.25, -0.2) is 4.79 Å². The molecular formula is C16H19N3O3S. The van der Waals surface area contributed by atoms with Crippen LogP contribution in [0.5, 0.6) is 0 Å². The van der Waals surface area contributed by atoms with Crippen LogP contribution in [0.4, 0.5) is 0 Å². The second-order valence-corrected chi connectivity index (χ2v) is 7.48. The van der Waals surface area contributed by atoms with Gasteiger partial charge in [-0.1, -0.05) is 11.8 Å². The second-order valence-electron chi connectivity index (χ2n) is 6.17. The number of ether oxygens (including phenoxy) is 1. The number of hydrogen-bond donors (Lipinski definition) is 0. The Kier molecular flexibility index (Phi) is 3.67. The number of furan rings is 1. The largest absolute Gasteiger partial charge is 0.463 e. The first-order valence-corrected chi connectivity index (χ1v) is 8.85. The monoisotopic (exact) mass is 333 g/mol. The van der Waals surface area contributed by atoms with Gasteiger partial charge >= 0.3 is 5.97 Å². The van der Waals surface area contributed by atoms with Crippen LogP contribution in [-0.2, 0) is 4.74 Å². The quantitative estimate of drug-likeness (QED) is 0.593. The van der Waals surface area contributed by atoms with Crippen LogP contribution in [0.2, 0.25) is 0 Å². The van der Waals surface area contributed by atoms with Gasteiger partial charge in [0.2, 0.25) is 5.76 Å². The molecule has 0 bridgehead atoms. The number of esters is 1. The maximum absolute atomic E-state index is 11.5. The minimum Gasteiger partial charge on any atom is -0.463 e. The molecule has 2 aromatic rings. The van der Waals surface area contributed by atoms with Crippen LogP contribution >= 0.6 is 11.8 Å². The number of thioether (sulfide) groups is 1. The molecule has 0 saturated heterocycles. The molecular weight excluding hydrogens is 314 g/mol. The van der Waals surface area contributed by atoms with E-state index in [1.807, 2.05) is 13.0 Å². The number of nitrogens with zero attached hydrogens (tertiary/aromatic N) is 3. The lowest BCUT2D eigenvalue weighted by atomic mass is 10.3. The fourth-order valence-electron chi connectivity index (χ4n) is 2.66. The number of carbonyl (C=O) groups excluding carboxylic acids is 1. The van der Waals surface area contributed by atoms with E-state index < -0.39 is 5.97 Å². The van der Waals surface area contributed by atoms with Gasteiger partial charge in [0, 0.05) is 12.0 Å². The number of methoxy groups -OCH3 is 1. The number of rotatable bonds is 6. The minimum absolute atomic E-state index is 0.0576. The van der Waals surface area contributed by atoms with Gasteiger partial charge in [-0.05, 0) is 44.7 Å². The Morgan fingerprint density at radius 3 is 2.78 bits per heavy atom. The Hall–Kier alpha value is -1.76. The molecule has 122 valence electrons. The maximum atomic E-state index is 11.5. The first-order valence-electron chi connectivity index (χ1n) is 7.97. The van der Waals surface area contributed by atoms with Gasteiger partial charge < -0.3 is 13.7 Å². The molecule has 6 nitrogen and oxygen atoms in total. The van der Waals surface area contributed by atoms with E-state index in [2.05, 4.69) is 19.5 Å². The third-order valence-electron chi connectivity index (χ3n) is 4.24. The Balaban J connectivity index is 1.53. The van der Waals surface area contributed by atoms with Crippen molar-refractivity contribution in [2.45, 2.75) is 55.0 Å². The molecule has 0 aliphatic heterocycles. The highest BCUT2D eigenvalue weighted by atomic mass is 32.2. The number of hydrogen-bond acceptors (Lipinski definition) is 6. The second kappa shape index (κ2) is 5.70. The van der Waals surface area contributed by atoms with Crippen LogP contribution in [0.3, 0.4) is 0 Å². The van der Waals surface area contributed by atoms with Crippen molar-refractivity contribution >= 4 is 17.7 Å². The van der Waals surface area contributed by atoms with Crippen LogP contribution < -0.4 is 0 Å². The third kappa shape index (κ3) is 2.89. The lowest BCUT2D eigenvalue weighted by Gasteiger charge is -2.11. The van der Waals surface area contributed by atoms with Crippen LogP contribution in [0.1, 0.15) is 72.0 Å². The molecule has 2 saturated carbocycles. The van der Waals surface area contributed by atoms with Crippen molar-refractivity contribution in [2.24, 2.45) is 0 Å². The maximum Gasteiger partial charge on any atom is 0.373 e. The first kappa shape index (κ1) is 14.8. The van der Waals surface area contributed by atoms with E-state index in [1.54, 1.807) is 17.8 Å². The molecule has 0 radical (unpaired) electrons. The summed E-state index contributed by atoms with van der Waals surface area (Å²) < 4.78 is 12.6. The van der Waals surface area contributed by atoms with Gasteiger partial charge in [-0.3, -0.25) is 0 Å². The summed E-state index contributed by atoms with van der Waals surface area (Å²) in [6.45, 7) is 2.05. The molecule has 0 aromatic carbocycles. The zero-order valence-electron chi connectivity index (χ0n) is 13.2. The smallest absolute Gasteiger partial charge is 0.373 e. The molecule has 1 atom stereocenters. The van der Waals surface area contributed by atoms with Gasteiger partial charge in [0.1, 0.15) is 11.6 Å². The van der Waals surface area contributed by atoms with Crippen molar-refractivity contribution in [3.63, 3.8) is 0 Å². The molecule has 2 aliphatic carbocycles. The van der Waals surface area contributed by atoms with Crippen molar-refractivity contribution in [1.82, 2.24) is 14.8 Å². The molecule has 2 aromatic heterocycles. The van der Waals surface area contributed by atoms with E-state index in [9.17, 15) is 4.79 Å². The van der Waals surface area contributed by atoms with Gasteiger partial charge in [-0.2, -0.15) is 0 Å². The third-order valence-corrected chi connectivity index (χ3v) is 5.32. The minimum atomic E-state index is -0.453. The zero-order chi connectivity index (χ0) is 16.0. The van der Waals surface area contributed by atoms with Gasteiger partial charge in [0.05, 0.1) is 12.4 Å². The average molecular weight is 333 g/mol. The molecule has 7 heteroatoms. The lowest BCUT2D eigenvalue weighted by molar-refractivity contribution is 0.0563. The summed E-state index contributed by atoms with van der Waals surface area (Å²) in [5.41, 5.74) is 0. The molecule has 1 unspecified atom stereocenters. The normalized spacial score (nSPS) is 18.9. The lowest BCUT2D eigenvalue weighted by Crippen LogP contribution is -2.02. The zero-order valence-corrected chi connectivity index (χ0v) is 14.0. The molecule has 2 aliphatic rings. The van der Waals surface area contributed by atoms with Gasteiger partial charge in [0.15, 0.2) is 5.16 Å². The fraction of sp³-hybridized carbons (Fsp3) is 0.562. The summed E-state index contributed by atoms with van der Waals surface area (Å²) >= 11 is 1.63. The summed E-state index contributed by atoms with van der Waals surface area (Å²) in [6.07, 6.45) is 4.89. The van der Waals surface area contributed by atoms with Crippen LogP contribution in [0, 0.1) is 0 Å². The molecule has 0 amide bonds. The Labute approximate surface area is 138 Å². The molecule has 23 heavy (non-hydrogen) atoms. The highest BCUT2D eigenvalue weighted by Crippen LogP contribution is 2.47. The average Bonchev–Trinajstić information content (AvgIpc) is 3.48. The van der Waals surface area contributed by atoms with Crippen molar-refractivity contribution in [1.29, 1.82) is 0 Å². The summed E-state index contributed by atoms with van der Waals surface area (Å²) in [5.74, 6) is 2.27. The van der Waals surface area contributed by atoms with E-state index in [0.29, 0.717) is 12.0 Å². The molecule has 2 heterocycles. The van der Waals surface area contributed by atoms with Crippen LogP contribution in [-0.4, -0.2) is 27.8 Å². The van der Waals surface area contributed by atoms with Gasteiger partial charge in [0.25, 0.3) is 0 Å². The van der Waals surface area contributed by atoms with Crippen molar-refractivity contribution in [3.8, 4) is 0 Å².